The van der Waals surface area contributed by atoms with Crippen LogP contribution in [0.15, 0.2) is 42.6 Å². The van der Waals surface area contributed by atoms with Gasteiger partial charge in [-0.2, -0.15) is 0 Å². The van der Waals surface area contributed by atoms with Gasteiger partial charge in [-0.15, -0.1) is 0 Å². The van der Waals surface area contributed by atoms with E-state index >= 15 is 0 Å². The van der Waals surface area contributed by atoms with Crippen molar-refractivity contribution in [3.63, 3.8) is 0 Å². The molecule has 2 aromatic carbocycles. The van der Waals surface area contributed by atoms with Crippen LogP contribution in [0.25, 0.3) is 16.6 Å². The van der Waals surface area contributed by atoms with E-state index in [1.165, 1.54) is 12.1 Å². The number of fused-ring (bicyclic) bond motifs is 2. The van der Waals surface area contributed by atoms with Crippen LogP contribution in [0.3, 0.4) is 0 Å². The molecule has 0 unspecified atom stereocenters. The first-order valence-electron chi connectivity index (χ1n) is 8.67. The maximum absolute atomic E-state index is 13.5. The van der Waals surface area contributed by atoms with Crippen LogP contribution in [-0.4, -0.2) is 40.2 Å². The summed E-state index contributed by atoms with van der Waals surface area (Å²) in [5.41, 5.74) is 2.64. The highest BCUT2D eigenvalue weighted by molar-refractivity contribution is 6.32. The summed E-state index contributed by atoms with van der Waals surface area (Å²) in [5, 5.41) is 10.2. The predicted molar refractivity (Wildman–Crippen MR) is 101 cm³/mol. The van der Waals surface area contributed by atoms with E-state index in [2.05, 4.69) is 0 Å². The fourth-order valence-corrected chi connectivity index (χ4v) is 3.72. The second-order valence-corrected chi connectivity index (χ2v) is 6.98. The van der Waals surface area contributed by atoms with Crippen molar-refractivity contribution in [3.8, 4) is 11.4 Å². The van der Waals surface area contributed by atoms with Crippen LogP contribution in [0.1, 0.15) is 12.0 Å². The summed E-state index contributed by atoms with van der Waals surface area (Å²) in [6.07, 6.45) is 1.96. The van der Waals surface area contributed by atoms with Crippen LogP contribution < -0.4 is 4.74 Å². The third kappa shape index (κ3) is 3.63. The zero-order valence-corrected chi connectivity index (χ0v) is 15.2. The van der Waals surface area contributed by atoms with Crippen molar-refractivity contribution in [3.05, 3.63) is 59.0 Å². The Kier molecular flexibility index (Phi) is 4.76. The van der Waals surface area contributed by atoms with E-state index in [9.17, 15) is 9.18 Å². The molecule has 4 rings (SSSR count). The largest absolute Gasteiger partial charge is 0.490 e. The number of nitrogens with zero attached hydrogens (tertiary/aromatic N) is 2. The van der Waals surface area contributed by atoms with Crippen LogP contribution in [0.5, 0.6) is 5.75 Å². The normalized spacial score (nSPS) is 14.6. The summed E-state index contributed by atoms with van der Waals surface area (Å²) in [5.74, 6) is -0.457. The Morgan fingerprint density at radius 2 is 2.11 bits per heavy atom. The molecule has 140 valence electrons. The van der Waals surface area contributed by atoms with Crippen LogP contribution in [0.2, 0.25) is 5.02 Å². The molecule has 0 saturated heterocycles. The van der Waals surface area contributed by atoms with Crippen molar-refractivity contribution in [2.75, 3.05) is 19.7 Å². The van der Waals surface area contributed by atoms with Crippen molar-refractivity contribution in [2.45, 2.75) is 13.0 Å². The number of carbonyl (C=O) groups is 1. The highest BCUT2D eigenvalue weighted by atomic mass is 35.5. The Morgan fingerprint density at radius 3 is 2.93 bits per heavy atom. The average Bonchev–Trinajstić information content (AvgIpc) is 2.91. The van der Waals surface area contributed by atoms with Gasteiger partial charge in [0.25, 0.3) is 0 Å². The molecule has 27 heavy (non-hydrogen) atoms. The highest BCUT2D eigenvalue weighted by Gasteiger charge is 2.20. The zero-order chi connectivity index (χ0) is 19.0. The molecule has 1 aliphatic rings. The first kappa shape index (κ1) is 17.8. The first-order chi connectivity index (χ1) is 13.0. The van der Waals surface area contributed by atoms with E-state index in [0.717, 1.165) is 22.2 Å². The lowest BCUT2D eigenvalue weighted by molar-refractivity contribution is -0.137. The van der Waals surface area contributed by atoms with Crippen molar-refractivity contribution < 1.29 is 19.0 Å². The molecule has 0 saturated carbocycles. The van der Waals surface area contributed by atoms with Gasteiger partial charge in [-0.1, -0.05) is 11.6 Å². The summed E-state index contributed by atoms with van der Waals surface area (Å²) < 4.78 is 21.2. The quantitative estimate of drug-likeness (QED) is 0.731. The Labute approximate surface area is 160 Å². The highest BCUT2D eigenvalue weighted by Crippen LogP contribution is 2.35. The number of halogens is 2. The molecule has 0 fully saturated rings. The van der Waals surface area contributed by atoms with Gasteiger partial charge in [0.05, 0.1) is 17.0 Å². The summed E-state index contributed by atoms with van der Waals surface area (Å²) in [7, 11) is 0. The molecule has 7 heteroatoms. The minimum atomic E-state index is -0.821. The number of benzene rings is 2. The average molecular weight is 389 g/mol. The molecule has 1 N–H and O–H groups in total. The third-order valence-corrected chi connectivity index (χ3v) is 5.01. The second-order valence-electron chi connectivity index (χ2n) is 6.57. The molecule has 0 amide bonds. The maximum Gasteiger partial charge on any atom is 0.304 e. The number of aromatic nitrogens is 1. The van der Waals surface area contributed by atoms with E-state index in [1.807, 2.05) is 33.9 Å². The van der Waals surface area contributed by atoms with E-state index in [-0.39, 0.29) is 12.2 Å². The molecule has 5 nitrogen and oxygen atoms in total. The second kappa shape index (κ2) is 7.21. The molecular weight excluding hydrogens is 371 g/mol. The smallest absolute Gasteiger partial charge is 0.304 e. The number of rotatable bonds is 4. The van der Waals surface area contributed by atoms with Crippen LogP contribution in [0.4, 0.5) is 4.39 Å². The topological polar surface area (TPSA) is 54.7 Å². The minimum absolute atomic E-state index is 0.0799. The lowest BCUT2D eigenvalue weighted by Crippen LogP contribution is -2.28. The van der Waals surface area contributed by atoms with Gasteiger partial charge in [-0.3, -0.25) is 9.69 Å². The number of carboxylic acids is 1. The van der Waals surface area contributed by atoms with E-state index in [4.69, 9.17) is 21.4 Å². The molecule has 0 spiro atoms. The molecule has 3 aromatic rings. The minimum Gasteiger partial charge on any atom is -0.490 e. The van der Waals surface area contributed by atoms with Crippen molar-refractivity contribution >= 4 is 28.5 Å². The number of hydrogen-bond donors (Lipinski definition) is 1. The summed E-state index contributed by atoms with van der Waals surface area (Å²) in [4.78, 5) is 12.9. The number of aliphatic carboxylic acids is 1. The maximum atomic E-state index is 13.5. The Hall–Kier alpha value is -2.57. The van der Waals surface area contributed by atoms with E-state index in [1.54, 1.807) is 6.07 Å². The number of carboxylic acid groups (broad SMARTS) is 1. The van der Waals surface area contributed by atoms with Crippen molar-refractivity contribution in [2.24, 2.45) is 0 Å². The Morgan fingerprint density at radius 1 is 1.26 bits per heavy atom. The van der Waals surface area contributed by atoms with E-state index < -0.39 is 5.97 Å². The van der Waals surface area contributed by atoms with Gasteiger partial charge >= 0.3 is 5.97 Å². The Balaban J connectivity index is 1.72. The Bertz CT molecular complexity index is 1020. The number of hydrogen-bond acceptors (Lipinski definition) is 3. The summed E-state index contributed by atoms with van der Waals surface area (Å²) in [6, 6.07) is 10.3. The molecule has 2 heterocycles. The molecule has 1 aromatic heterocycles. The lowest BCUT2D eigenvalue weighted by atomic mass is 10.1. The zero-order valence-electron chi connectivity index (χ0n) is 14.5. The van der Waals surface area contributed by atoms with Gasteiger partial charge in [0.1, 0.15) is 18.2 Å². The number of ether oxygens (including phenoxy) is 1. The lowest BCUT2D eigenvalue weighted by Gasteiger charge is -2.18. The molecule has 0 atom stereocenters. The van der Waals surface area contributed by atoms with Crippen molar-refractivity contribution in [1.29, 1.82) is 0 Å². The van der Waals surface area contributed by atoms with Gasteiger partial charge in [0.15, 0.2) is 0 Å². The van der Waals surface area contributed by atoms with Crippen LogP contribution in [0, 0.1) is 5.82 Å². The van der Waals surface area contributed by atoms with Crippen LogP contribution >= 0.6 is 11.6 Å². The fraction of sp³-hybridized carbons (Fsp3) is 0.250. The third-order valence-electron chi connectivity index (χ3n) is 4.73. The van der Waals surface area contributed by atoms with E-state index in [0.29, 0.717) is 37.0 Å². The molecular formula is C20H18ClFN2O3. The van der Waals surface area contributed by atoms with Gasteiger partial charge in [-0.05, 0) is 36.4 Å². The van der Waals surface area contributed by atoms with Gasteiger partial charge in [0.2, 0.25) is 0 Å². The predicted octanol–water partition coefficient (Wildman–Crippen LogP) is 4.09. The first-order valence-corrected chi connectivity index (χ1v) is 9.05. The van der Waals surface area contributed by atoms with Crippen molar-refractivity contribution in [1.82, 2.24) is 9.47 Å². The monoisotopic (exact) mass is 388 g/mol. The molecule has 0 radical (unpaired) electrons. The molecule has 0 aliphatic carbocycles. The van der Waals surface area contributed by atoms with Gasteiger partial charge < -0.3 is 14.4 Å². The van der Waals surface area contributed by atoms with Crippen LogP contribution in [-0.2, 0) is 11.3 Å². The summed E-state index contributed by atoms with van der Waals surface area (Å²) in [6.45, 7) is 2.10. The standard InChI is InChI=1S/C20H18ClFN2O3/c21-17-11-16(24-6-3-13-9-15(22)1-2-18(13)24)10-14-12-23(5-4-19(25)26)7-8-27-20(14)17/h1-3,6,9-11H,4-5,7-8,12H2,(H,25,26). The fourth-order valence-electron chi connectivity index (χ4n) is 3.43. The van der Waals surface area contributed by atoms with Gasteiger partial charge in [-0.25, -0.2) is 4.39 Å². The SMILES string of the molecule is O=C(O)CCN1CCOc2c(Cl)cc(-n3ccc4cc(F)ccc43)cc2C1. The molecule has 1 aliphatic heterocycles. The summed E-state index contributed by atoms with van der Waals surface area (Å²) >= 11 is 6.48. The van der Waals surface area contributed by atoms with Gasteiger partial charge in [0, 0.05) is 42.5 Å². The molecule has 0 bridgehead atoms.